The highest BCUT2D eigenvalue weighted by molar-refractivity contribution is 5.76. The second-order valence-electron chi connectivity index (χ2n) is 5.28. The molecule has 1 atom stereocenters. The Kier molecular flexibility index (Phi) is 5.40. The van der Waals surface area contributed by atoms with Crippen LogP contribution in [-0.4, -0.2) is 36.4 Å². The molecule has 0 aromatic carbocycles. The molecule has 0 unspecified atom stereocenters. The fraction of sp³-hybridized carbons (Fsp3) is 0.714. The Hall–Kier alpha value is -1.56. The Morgan fingerprint density at radius 2 is 2.45 bits per heavy atom. The standard InChI is InChI=1S/C14H22N2O4/c1-10(2)19-14-8-12(20-16-14)5-6-13(17)15-11-4-3-7-18-9-11/h8,10-11H,3-7,9H2,1-2H3,(H,15,17)/t11-/m1/s1. The number of carbonyl (C=O) groups is 1. The number of nitrogens with zero attached hydrogens (tertiary/aromatic N) is 1. The first-order chi connectivity index (χ1) is 9.63. The molecule has 1 fully saturated rings. The molecule has 0 spiro atoms. The first-order valence-corrected chi connectivity index (χ1v) is 7.13. The summed E-state index contributed by atoms with van der Waals surface area (Å²) in [6.45, 7) is 5.26. The molecule has 6 heteroatoms. The molecule has 1 aromatic heterocycles. The number of hydrogen-bond donors (Lipinski definition) is 1. The van der Waals surface area contributed by atoms with Gasteiger partial charge in [0.15, 0.2) is 0 Å². The zero-order valence-electron chi connectivity index (χ0n) is 12.1. The average Bonchev–Trinajstić information content (AvgIpc) is 2.84. The van der Waals surface area contributed by atoms with Gasteiger partial charge in [0.05, 0.1) is 18.8 Å². The lowest BCUT2D eigenvalue weighted by Gasteiger charge is -2.22. The van der Waals surface area contributed by atoms with Crippen molar-refractivity contribution in [3.05, 3.63) is 11.8 Å². The molecule has 0 bridgehead atoms. The van der Waals surface area contributed by atoms with Gasteiger partial charge in [-0.1, -0.05) is 0 Å². The van der Waals surface area contributed by atoms with Crippen LogP contribution in [0.25, 0.3) is 0 Å². The summed E-state index contributed by atoms with van der Waals surface area (Å²) in [7, 11) is 0. The van der Waals surface area contributed by atoms with E-state index < -0.39 is 0 Å². The largest absolute Gasteiger partial charge is 0.473 e. The van der Waals surface area contributed by atoms with Crippen LogP contribution in [0.2, 0.25) is 0 Å². The molecule has 1 amide bonds. The third-order valence-electron chi connectivity index (χ3n) is 3.02. The summed E-state index contributed by atoms with van der Waals surface area (Å²) in [5.74, 6) is 1.15. The van der Waals surface area contributed by atoms with Gasteiger partial charge >= 0.3 is 0 Å². The highest BCUT2D eigenvalue weighted by Gasteiger charge is 2.16. The molecule has 0 aliphatic carbocycles. The van der Waals surface area contributed by atoms with E-state index in [1.807, 2.05) is 13.8 Å². The molecule has 20 heavy (non-hydrogen) atoms. The van der Waals surface area contributed by atoms with Crippen LogP contribution in [-0.2, 0) is 16.0 Å². The summed E-state index contributed by atoms with van der Waals surface area (Å²) in [6.07, 6.45) is 2.95. The van der Waals surface area contributed by atoms with E-state index in [4.69, 9.17) is 14.0 Å². The number of aromatic nitrogens is 1. The number of aryl methyl sites for hydroxylation is 1. The van der Waals surface area contributed by atoms with Crippen LogP contribution in [0.3, 0.4) is 0 Å². The quantitative estimate of drug-likeness (QED) is 0.859. The minimum absolute atomic E-state index is 0.0169. The Bertz CT molecular complexity index is 425. The maximum atomic E-state index is 11.8. The minimum atomic E-state index is 0.0169. The van der Waals surface area contributed by atoms with Gasteiger partial charge < -0.3 is 19.3 Å². The van der Waals surface area contributed by atoms with Crippen molar-refractivity contribution in [2.45, 2.75) is 51.7 Å². The van der Waals surface area contributed by atoms with Crippen LogP contribution in [0.15, 0.2) is 10.6 Å². The van der Waals surface area contributed by atoms with Crippen LogP contribution in [0.5, 0.6) is 5.88 Å². The molecule has 6 nitrogen and oxygen atoms in total. The number of amides is 1. The molecule has 1 saturated heterocycles. The van der Waals surface area contributed by atoms with Crippen LogP contribution < -0.4 is 10.1 Å². The van der Waals surface area contributed by atoms with E-state index in [9.17, 15) is 4.79 Å². The van der Waals surface area contributed by atoms with Gasteiger partial charge in [0.2, 0.25) is 5.91 Å². The highest BCUT2D eigenvalue weighted by atomic mass is 16.5. The van der Waals surface area contributed by atoms with Crippen LogP contribution in [0.4, 0.5) is 0 Å². The molecule has 1 N–H and O–H groups in total. The fourth-order valence-electron chi connectivity index (χ4n) is 2.10. The van der Waals surface area contributed by atoms with E-state index in [1.54, 1.807) is 6.07 Å². The van der Waals surface area contributed by atoms with Crippen molar-refractivity contribution < 1.29 is 18.8 Å². The van der Waals surface area contributed by atoms with Gasteiger partial charge in [-0.2, -0.15) is 0 Å². The Labute approximate surface area is 118 Å². The molecule has 0 radical (unpaired) electrons. The fourth-order valence-corrected chi connectivity index (χ4v) is 2.10. The second-order valence-corrected chi connectivity index (χ2v) is 5.28. The van der Waals surface area contributed by atoms with E-state index in [1.165, 1.54) is 0 Å². The van der Waals surface area contributed by atoms with Gasteiger partial charge in [-0.3, -0.25) is 4.79 Å². The molecule has 2 rings (SSSR count). The second kappa shape index (κ2) is 7.28. The van der Waals surface area contributed by atoms with E-state index in [-0.39, 0.29) is 18.1 Å². The normalized spacial score (nSPS) is 19.1. The lowest BCUT2D eigenvalue weighted by atomic mass is 10.1. The summed E-state index contributed by atoms with van der Waals surface area (Å²) < 4.78 is 15.9. The number of hydrogen-bond acceptors (Lipinski definition) is 5. The van der Waals surface area contributed by atoms with Crippen molar-refractivity contribution in [1.29, 1.82) is 0 Å². The lowest BCUT2D eigenvalue weighted by molar-refractivity contribution is -0.122. The zero-order chi connectivity index (χ0) is 14.4. The molecule has 2 heterocycles. The average molecular weight is 282 g/mol. The topological polar surface area (TPSA) is 73.6 Å². The molecular formula is C14H22N2O4. The van der Waals surface area contributed by atoms with Gasteiger partial charge in [-0.15, -0.1) is 0 Å². The molecular weight excluding hydrogens is 260 g/mol. The molecule has 1 aliphatic rings. The first-order valence-electron chi connectivity index (χ1n) is 7.13. The smallest absolute Gasteiger partial charge is 0.254 e. The third kappa shape index (κ3) is 4.85. The van der Waals surface area contributed by atoms with E-state index in [0.29, 0.717) is 31.1 Å². The maximum Gasteiger partial charge on any atom is 0.254 e. The van der Waals surface area contributed by atoms with E-state index in [2.05, 4.69) is 10.5 Å². The Morgan fingerprint density at radius 1 is 1.60 bits per heavy atom. The summed E-state index contributed by atoms with van der Waals surface area (Å²) in [6, 6.07) is 1.88. The monoisotopic (exact) mass is 282 g/mol. The van der Waals surface area contributed by atoms with Gasteiger partial charge in [-0.25, -0.2) is 0 Å². The highest BCUT2D eigenvalue weighted by Crippen LogP contribution is 2.14. The first kappa shape index (κ1) is 14.8. The van der Waals surface area contributed by atoms with Crippen molar-refractivity contribution in [3.8, 4) is 5.88 Å². The maximum absolute atomic E-state index is 11.8. The van der Waals surface area contributed by atoms with Crippen molar-refractivity contribution in [2.75, 3.05) is 13.2 Å². The zero-order valence-corrected chi connectivity index (χ0v) is 12.1. The van der Waals surface area contributed by atoms with Crippen LogP contribution in [0, 0.1) is 0 Å². The van der Waals surface area contributed by atoms with Crippen LogP contribution in [0.1, 0.15) is 38.9 Å². The van der Waals surface area contributed by atoms with Crippen LogP contribution >= 0.6 is 0 Å². The molecule has 112 valence electrons. The number of ether oxygens (including phenoxy) is 2. The van der Waals surface area contributed by atoms with Gasteiger partial charge in [0.25, 0.3) is 5.88 Å². The predicted octanol–water partition coefficient (Wildman–Crippen LogP) is 1.69. The minimum Gasteiger partial charge on any atom is -0.473 e. The predicted molar refractivity (Wildman–Crippen MR) is 72.6 cm³/mol. The summed E-state index contributed by atoms with van der Waals surface area (Å²) in [5, 5.41) is 6.77. The van der Waals surface area contributed by atoms with Crippen molar-refractivity contribution >= 4 is 5.91 Å². The molecule has 1 aromatic rings. The summed E-state index contributed by atoms with van der Waals surface area (Å²) in [5.41, 5.74) is 0. The summed E-state index contributed by atoms with van der Waals surface area (Å²) in [4.78, 5) is 11.8. The number of nitrogens with one attached hydrogen (secondary N) is 1. The van der Waals surface area contributed by atoms with Gasteiger partial charge in [-0.05, 0) is 31.8 Å². The van der Waals surface area contributed by atoms with Crippen molar-refractivity contribution in [3.63, 3.8) is 0 Å². The lowest BCUT2D eigenvalue weighted by Crippen LogP contribution is -2.40. The molecule has 1 aliphatic heterocycles. The number of rotatable bonds is 6. The third-order valence-corrected chi connectivity index (χ3v) is 3.02. The van der Waals surface area contributed by atoms with Gasteiger partial charge in [0.1, 0.15) is 5.76 Å². The van der Waals surface area contributed by atoms with E-state index in [0.717, 1.165) is 19.4 Å². The Balaban J connectivity index is 1.71. The number of carbonyl (C=O) groups excluding carboxylic acids is 1. The SMILES string of the molecule is CC(C)Oc1cc(CCC(=O)N[C@@H]2CCCOC2)on1. The van der Waals surface area contributed by atoms with E-state index >= 15 is 0 Å². The summed E-state index contributed by atoms with van der Waals surface area (Å²) >= 11 is 0. The Morgan fingerprint density at radius 3 is 3.15 bits per heavy atom. The van der Waals surface area contributed by atoms with Gasteiger partial charge in [0, 0.05) is 25.5 Å². The van der Waals surface area contributed by atoms with Crippen molar-refractivity contribution in [2.24, 2.45) is 0 Å². The molecule has 0 saturated carbocycles. The van der Waals surface area contributed by atoms with Crippen molar-refractivity contribution in [1.82, 2.24) is 10.5 Å².